The smallest absolute Gasteiger partial charge is 0.310 e. The van der Waals surface area contributed by atoms with Crippen LogP contribution in [0.15, 0.2) is 59.8 Å². The van der Waals surface area contributed by atoms with Crippen LogP contribution in [0, 0.1) is 0 Å². The molecule has 1 aromatic rings. The number of carbonyl (C=O) groups is 1. The number of allylic oxidation sites excluding steroid dienone is 3. The molecular weight excluding hydrogens is 442 g/mol. The molecule has 0 unspecified atom stereocenters. The van der Waals surface area contributed by atoms with Gasteiger partial charge in [0, 0.05) is 30.8 Å². The summed E-state index contributed by atoms with van der Waals surface area (Å²) in [6.07, 6.45) is 10.3. The number of nitrogens with zero attached hydrogens (tertiary/aromatic N) is 2. The number of ether oxygens (including phenoxy) is 3. The minimum atomic E-state index is -0.330. The van der Waals surface area contributed by atoms with Gasteiger partial charge in [0.25, 0.3) is 0 Å². The molecule has 7 heteroatoms. The molecule has 1 fully saturated rings. The molecule has 1 aliphatic heterocycles. The van der Waals surface area contributed by atoms with Gasteiger partial charge in [-0.15, -0.1) is 0 Å². The molecule has 0 saturated carbocycles. The molecule has 0 radical (unpaired) electrons. The van der Waals surface area contributed by atoms with Gasteiger partial charge >= 0.3 is 5.97 Å². The van der Waals surface area contributed by atoms with Crippen LogP contribution in [0.5, 0.6) is 5.75 Å². The van der Waals surface area contributed by atoms with E-state index in [1.54, 1.807) is 19.4 Å². The highest BCUT2D eigenvalue weighted by Crippen LogP contribution is 2.29. The van der Waals surface area contributed by atoms with Crippen LogP contribution in [0.3, 0.4) is 0 Å². The Morgan fingerprint density at radius 3 is 2.54 bits per heavy atom. The number of benzene rings is 1. The Morgan fingerprint density at radius 1 is 1.26 bits per heavy atom. The van der Waals surface area contributed by atoms with E-state index < -0.39 is 0 Å². The summed E-state index contributed by atoms with van der Waals surface area (Å²) in [6, 6.07) is 5.86. The minimum Gasteiger partial charge on any atom is -0.501 e. The number of hydrogen-bond acceptors (Lipinski definition) is 7. The van der Waals surface area contributed by atoms with Crippen LogP contribution in [0.2, 0.25) is 0 Å². The van der Waals surface area contributed by atoms with E-state index in [4.69, 9.17) is 24.9 Å². The van der Waals surface area contributed by atoms with Gasteiger partial charge in [0.15, 0.2) is 0 Å². The predicted octanol–water partition coefficient (Wildman–Crippen LogP) is 4.85. The van der Waals surface area contributed by atoms with E-state index in [9.17, 15) is 4.79 Å². The number of nitrogens with two attached hydrogens (primary N) is 1. The molecule has 0 atom stereocenters. The van der Waals surface area contributed by atoms with E-state index in [1.807, 2.05) is 57.2 Å². The summed E-state index contributed by atoms with van der Waals surface area (Å²) >= 11 is 0. The van der Waals surface area contributed by atoms with Gasteiger partial charge in [0.1, 0.15) is 5.75 Å². The van der Waals surface area contributed by atoms with Gasteiger partial charge in [-0.2, -0.15) is 0 Å². The molecule has 7 nitrogen and oxygen atoms in total. The monoisotopic (exact) mass is 483 g/mol. The van der Waals surface area contributed by atoms with Gasteiger partial charge in [-0.25, -0.2) is 0 Å². The van der Waals surface area contributed by atoms with E-state index in [1.165, 1.54) is 13.5 Å². The Bertz CT molecular complexity index is 928. The Morgan fingerprint density at radius 2 is 2.00 bits per heavy atom. The zero-order chi connectivity index (χ0) is 26.1. The molecule has 1 aromatic carbocycles. The van der Waals surface area contributed by atoms with Gasteiger partial charge < -0.3 is 19.9 Å². The summed E-state index contributed by atoms with van der Waals surface area (Å²) in [5.74, 6) is 0.383. The van der Waals surface area contributed by atoms with Crippen molar-refractivity contribution in [2.45, 2.75) is 33.6 Å². The first-order valence-corrected chi connectivity index (χ1v) is 12.1. The van der Waals surface area contributed by atoms with Crippen LogP contribution in [0.4, 0.5) is 0 Å². The van der Waals surface area contributed by atoms with Crippen LogP contribution in [-0.2, 0) is 14.3 Å². The number of aliphatic imine (C=N–C) groups is 1. The zero-order valence-electron chi connectivity index (χ0n) is 21.9. The van der Waals surface area contributed by atoms with E-state index in [0.29, 0.717) is 31.1 Å². The normalized spacial score (nSPS) is 14.6. The Labute approximate surface area is 210 Å². The third-order valence-corrected chi connectivity index (χ3v) is 5.18. The third kappa shape index (κ3) is 9.92. The lowest BCUT2D eigenvalue weighted by Gasteiger charge is -2.29. The van der Waals surface area contributed by atoms with Crippen molar-refractivity contribution in [3.63, 3.8) is 0 Å². The van der Waals surface area contributed by atoms with Crippen LogP contribution in [0.1, 0.15) is 44.7 Å². The van der Waals surface area contributed by atoms with E-state index in [2.05, 4.69) is 11.5 Å². The second-order valence-corrected chi connectivity index (χ2v) is 7.43. The highest BCUT2D eigenvalue weighted by molar-refractivity contribution is 6.25. The summed E-state index contributed by atoms with van der Waals surface area (Å²) < 4.78 is 15.8. The molecule has 192 valence electrons. The fraction of sp³-hybridized carbons (Fsp3) is 0.429. The quantitative estimate of drug-likeness (QED) is 0.187. The molecule has 1 saturated heterocycles. The number of carbonyl (C=O) groups excluding carboxylic acids is 1. The molecule has 0 aromatic heterocycles. The lowest BCUT2D eigenvalue weighted by molar-refractivity contribution is -0.139. The fourth-order valence-electron chi connectivity index (χ4n) is 3.24. The van der Waals surface area contributed by atoms with Crippen molar-refractivity contribution in [3.8, 4) is 5.75 Å². The first-order chi connectivity index (χ1) is 17.1. The third-order valence-electron chi connectivity index (χ3n) is 5.18. The second-order valence-electron chi connectivity index (χ2n) is 7.43. The van der Waals surface area contributed by atoms with Crippen molar-refractivity contribution < 1.29 is 19.0 Å². The summed E-state index contributed by atoms with van der Waals surface area (Å²) in [5.41, 5.74) is 10.3. The maximum Gasteiger partial charge on any atom is 0.310 e. The lowest BCUT2D eigenvalue weighted by atomic mass is 9.96. The van der Waals surface area contributed by atoms with Crippen LogP contribution < -0.4 is 10.5 Å². The molecule has 35 heavy (non-hydrogen) atoms. The second kappa shape index (κ2) is 17.3. The number of likely N-dealkylation sites (tertiary alicyclic amines) is 1. The van der Waals surface area contributed by atoms with Crippen molar-refractivity contribution in [3.05, 3.63) is 66.0 Å². The summed E-state index contributed by atoms with van der Waals surface area (Å²) in [6.45, 7) is 13.3. The number of esters is 1. The van der Waals surface area contributed by atoms with Gasteiger partial charge in [-0.3, -0.25) is 14.7 Å². The molecule has 0 bridgehead atoms. The largest absolute Gasteiger partial charge is 0.501 e. The number of rotatable bonds is 13. The molecular formula is C28H41N3O4. The van der Waals surface area contributed by atoms with Crippen LogP contribution in [-0.4, -0.2) is 63.7 Å². The van der Waals surface area contributed by atoms with Crippen molar-refractivity contribution >= 4 is 23.3 Å². The summed E-state index contributed by atoms with van der Waals surface area (Å²) in [5, 5.41) is 0. The number of methoxy groups -OCH3 is 2. The lowest BCUT2D eigenvalue weighted by Crippen LogP contribution is -2.37. The fourth-order valence-corrected chi connectivity index (χ4v) is 3.24. The van der Waals surface area contributed by atoms with Crippen LogP contribution >= 0.6 is 0 Å². The summed E-state index contributed by atoms with van der Waals surface area (Å²) in [7, 11) is 3.00. The molecule has 0 aliphatic carbocycles. The average Bonchev–Trinajstić information content (AvgIpc) is 2.87. The van der Waals surface area contributed by atoms with E-state index >= 15 is 0 Å². The maximum atomic E-state index is 11.7. The highest BCUT2D eigenvalue weighted by Gasteiger charge is 2.16. The van der Waals surface area contributed by atoms with Gasteiger partial charge in [0.05, 0.1) is 45.9 Å². The van der Waals surface area contributed by atoms with Crippen molar-refractivity contribution in [1.29, 1.82) is 0 Å². The van der Waals surface area contributed by atoms with Gasteiger partial charge in [0.2, 0.25) is 0 Å². The summed E-state index contributed by atoms with van der Waals surface area (Å²) in [4.78, 5) is 18.8. The molecule has 0 amide bonds. The number of hydrogen-bond donors (Lipinski definition) is 1. The highest BCUT2D eigenvalue weighted by atomic mass is 16.5. The topological polar surface area (TPSA) is 86.4 Å². The Balaban J connectivity index is 0.00000298. The Kier molecular flexibility index (Phi) is 14.8. The molecule has 2 N–H and O–H groups in total. The zero-order valence-corrected chi connectivity index (χ0v) is 21.9. The van der Waals surface area contributed by atoms with Gasteiger partial charge in [-0.1, -0.05) is 50.8 Å². The molecule has 1 heterocycles. The Hall–Kier alpha value is -3.16. The first-order valence-electron chi connectivity index (χ1n) is 12.1. The van der Waals surface area contributed by atoms with Crippen molar-refractivity contribution in [1.82, 2.24) is 4.90 Å². The standard InChI is InChI=1S/C26H35N3O4.C2H6/c1-5-8-22(24(17-27)28-19-29-13-7-14-29)23-15-20(11-12-25(23)31-3)9-10-21(18-33-6-2)16-26(30)32-4;1-2/h5,8-12,15,18H,1,6-7,13-14,16-17,19,27H2,2-4H3;1-2H3/b10-9+,21-18+,22-8-,28-24-;. The van der Waals surface area contributed by atoms with Crippen molar-refractivity contribution in [2.75, 3.05) is 47.1 Å². The predicted molar refractivity (Wildman–Crippen MR) is 145 cm³/mol. The first kappa shape index (κ1) is 29.9. The molecule has 0 spiro atoms. The average molecular weight is 484 g/mol. The maximum absolute atomic E-state index is 11.7. The van der Waals surface area contributed by atoms with Crippen molar-refractivity contribution in [2.24, 2.45) is 10.7 Å². The van der Waals surface area contributed by atoms with E-state index in [0.717, 1.165) is 35.5 Å². The van der Waals surface area contributed by atoms with Crippen LogP contribution in [0.25, 0.3) is 11.6 Å². The minimum absolute atomic E-state index is 0.123. The van der Waals surface area contributed by atoms with E-state index in [-0.39, 0.29) is 12.4 Å². The molecule has 1 aliphatic rings. The van der Waals surface area contributed by atoms with Gasteiger partial charge in [-0.05, 0) is 36.6 Å². The SMILES string of the molecule is C=C/C=C(\C(CN)=N/CN1CCC1)c1cc(/C=C/C(=C\OCC)CC(=O)OC)ccc1OC.CC. The molecule has 2 rings (SSSR count).